The number of aryl methyl sites for hydroxylation is 1. The van der Waals surface area contributed by atoms with Gasteiger partial charge in [-0.15, -0.1) is 0 Å². The summed E-state index contributed by atoms with van der Waals surface area (Å²) in [6.07, 6.45) is 3.38. The third-order valence-corrected chi connectivity index (χ3v) is 8.08. The highest BCUT2D eigenvalue weighted by molar-refractivity contribution is 7.17. The first-order valence-electron chi connectivity index (χ1n) is 13.9. The van der Waals surface area contributed by atoms with Crippen molar-refractivity contribution in [3.8, 4) is 5.75 Å². The number of Topliss-reactive ketones (excluding diaryl/α,β-unsaturated/α-hetero) is 1. The number of carbonyl (C=O) groups is 3. The lowest BCUT2D eigenvalue weighted by Gasteiger charge is -2.24. The van der Waals surface area contributed by atoms with Gasteiger partial charge in [0.15, 0.2) is 5.13 Å². The first kappa shape index (κ1) is 30.7. The summed E-state index contributed by atoms with van der Waals surface area (Å²) < 4.78 is 10.9. The highest BCUT2D eigenvalue weighted by atomic mass is 32.1. The molecule has 3 aromatic rings. The Morgan fingerprint density at radius 3 is 2.38 bits per heavy atom. The lowest BCUT2D eigenvalue weighted by atomic mass is 9.85. The number of rotatable bonds is 10. The molecule has 0 spiro atoms. The first-order chi connectivity index (χ1) is 20.0. The van der Waals surface area contributed by atoms with Crippen LogP contribution in [0, 0.1) is 6.92 Å². The number of unbranched alkanes of at least 4 members (excludes halogenated alkanes) is 1. The summed E-state index contributed by atoms with van der Waals surface area (Å²) in [6, 6.07) is 13.4. The Balaban J connectivity index is 1.82. The molecule has 0 saturated carbocycles. The monoisotopic (exact) mass is 588 g/mol. The molecule has 0 bridgehead atoms. The molecular weight excluding hydrogens is 552 g/mol. The zero-order valence-corrected chi connectivity index (χ0v) is 25.4. The van der Waals surface area contributed by atoms with Gasteiger partial charge >= 0.3 is 11.9 Å². The van der Waals surface area contributed by atoms with E-state index in [2.05, 4.69) is 39.3 Å². The lowest BCUT2D eigenvalue weighted by molar-refractivity contribution is -0.132. The molecule has 9 heteroatoms. The van der Waals surface area contributed by atoms with E-state index in [1.807, 2.05) is 24.3 Å². The molecule has 0 radical (unpaired) electrons. The largest absolute Gasteiger partial charge is 0.507 e. The van der Waals surface area contributed by atoms with E-state index in [0.717, 1.165) is 29.7 Å². The zero-order valence-electron chi connectivity index (χ0n) is 24.6. The van der Waals surface area contributed by atoms with E-state index in [9.17, 15) is 19.5 Å². The van der Waals surface area contributed by atoms with Crippen LogP contribution in [0.2, 0.25) is 0 Å². The minimum atomic E-state index is -0.970. The van der Waals surface area contributed by atoms with Gasteiger partial charge in [0.1, 0.15) is 23.0 Å². The summed E-state index contributed by atoms with van der Waals surface area (Å²) in [5, 5.41) is 11.6. The fourth-order valence-electron chi connectivity index (χ4n) is 4.58. The van der Waals surface area contributed by atoms with Crippen molar-refractivity contribution >= 4 is 39.9 Å². The van der Waals surface area contributed by atoms with Gasteiger partial charge in [-0.1, -0.05) is 82.4 Å². The molecule has 1 aliphatic heterocycles. The second-order valence-electron chi connectivity index (χ2n) is 11.1. The molecule has 2 aromatic carbocycles. The van der Waals surface area contributed by atoms with Gasteiger partial charge in [-0.25, -0.2) is 9.78 Å². The molecule has 4 rings (SSSR count). The Kier molecular flexibility index (Phi) is 9.31. The van der Waals surface area contributed by atoms with Crippen LogP contribution in [0.4, 0.5) is 5.13 Å². The van der Waals surface area contributed by atoms with E-state index < -0.39 is 23.7 Å². The van der Waals surface area contributed by atoms with Crippen LogP contribution in [-0.2, 0) is 19.7 Å². The molecule has 1 fully saturated rings. The minimum Gasteiger partial charge on any atom is -0.507 e. The van der Waals surface area contributed by atoms with E-state index in [1.54, 1.807) is 31.2 Å². The van der Waals surface area contributed by atoms with E-state index in [1.165, 1.54) is 11.0 Å². The van der Waals surface area contributed by atoms with Crippen molar-refractivity contribution in [1.82, 2.24) is 4.98 Å². The van der Waals surface area contributed by atoms with Gasteiger partial charge in [0, 0.05) is 5.56 Å². The van der Waals surface area contributed by atoms with E-state index >= 15 is 0 Å². The van der Waals surface area contributed by atoms with Crippen molar-refractivity contribution in [2.75, 3.05) is 18.1 Å². The third kappa shape index (κ3) is 6.31. The Morgan fingerprint density at radius 1 is 1.12 bits per heavy atom. The van der Waals surface area contributed by atoms with Crippen LogP contribution in [-0.4, -0.2) is 41.0 Å². The maximum Gasteiger partial charge on any atom is 0.350 e. The number of benzene rings is 2. The fraction of sp³-hybridized carbons (Fsp3) is 0.333. The summed E-state index contributed by atoms with van der Waals surface area (Å²) in [4.78, 5) is 45.7. The van der Waals surface area contributed by atoms with Gasteiger partial charge in [-0.3, -0.25) is 14.5 Å². The lowest BCUT2D eigenvalue weighted by Crippen LogP contribution is -2.29. The summed E-state index contributed by atoms with van der Waals surface area (Å²) >= 11 is 0.960. The highest BCUT2D eigenvalue weighted by Crippen LogP contribution is 2.44. The topological polar surface area (TPSA) is 106 Å². The summed E-state index contributed by atoms with van der Waals surface area (Å²) in [5.41, 5.74) is 2.24. The van der Waals surface area contributed by atoms with E-state index in [0.29, 0.717) is 29.2 Å². The van der Waals surface area contributed by atoms with Crippen molar-refractivity contribution in [2.24, 2.45) is 0 Å². The van der Waals surface area contributed by atoms with Crippen molar-refractivity contribution in [2.45, 2.75) is 58.9 Å². The SMILES string of the molecule is C=CCOC(=O)c1sc(N2C(=O)C(=O)C(=C(O)c3ccc(OCCCC)cc3)[C@H]2c2ccc(C(C)(C)C)cc2)nc1C. The number of ketones is 1. The number of nitrogens with zero attached hydrogens (tertiary/aromatic N) is 2. The number of aliphatic hydroxyl groups excluding tert-OH is 1. The number of hydrogen-bond donors (Lipinski definition) is 1. The predicted molar refractivity (Wildman–Crippen MR) is 164 cm³/mol. The number of aliphatic hydroxyl groups is 1. The quantitative estimate of drug-likeness (QED) is 0.0686. The number of carbonyl (C=O) groups excluding carboxylic acids is 3. The molecule has 1 amide bonds. The van der Waals surface area contributed by atoms with Crippen molar-refractivity contribution < 1.29 is 29.0 Å². The second kappa shape index (κ2) is 12.7. The molecule has 0 unspecified atom stereocenters. The molecule has 8 nitrogen and oxygen atoms in total. The maximum atomic E-state index is 13.6. The number of ether oxygens (including phenoxy) is 2. The van der Waals surface area contributed by atoms with Crippen LogP contribution in [0.3, 0.4) is 0 Å². The van der Waals surface area contributed by atoms with Crippen LogP contribution < -0.4 is 9.64 Å². The van der Waals surface area contributed by atoms with E-state index in [-0.39, 0.29) is 33.4 Å². The van der Waals surface area contributed by atoms with Crippen molar-refractivity contribution in [3.63, 3.8) is 0 Å². The minimum absolute atomic E-state index is 0.0264. The normalized spacial score (nSPS) is 16.5. The highest BCUT2D eigenvalue weighted by Gasteiger charge is 2.48. The number of amides is 1. The molecule has 1 aliphatic rings. The molecule has 2 heterocycles. The average Bonchev–Trinajstić information content (AvgIpc) is 3.47. The Morgan fingerprint density at radius 2 is 1.79 bits per heavy atom. The van der Waals surface area contributed by atoms with Gasteiger partial charge < -0.3 is 14.6 Å². The van der Waals surface area contributed by atoms with E-state index in [4.69, 9.17) is 9.47 Å². The average molecular weight is 589 g/mol. The molecule has 0 aliphatic carbocycles. The number of thiazole rings is 1. The Bertz CT molecular complexity index is 1510. The fourth-order valence-corrected chi connectivity index (χ4v) is 5.57. The summed E-state index contributed by atoms with van der Waals surface area (Å²) in [6.45, 7) is 14.2. The van der Waals surface area contributed by atoms with Crippen LogP contribution in [0.5, 0.6) is 5.75 Å². The van der Waals surface area contributed by atoms with Crippen LogP contribution in [0.25, 0.3) is 5.76 Å². The predicted octanol–water partition coefficient (Wildman–Crippen LogP) is 6.90. The van der Waals surface area contributed by atoms with Crippen LogP contribution in [0.1, 0.15) is 78.6 Å². The van der Waals surface area contributed by atoms with Crippen LogP contribution >= 0.6 is 11.3 Å². The Labute approximate surface area is 250 Å². The number of anilines is 1. The van der Waals surface area contributed by atoms with Crippen molar-refractivity contribution in [1.29, 1.82) is 0 Å². The standard InChI is InChI=1S/C33H36N2O6S/c1-7-9-19-40-24-16-12-22(13-17-24)27(36)25-26(21-10-14-23(15-11-21)33(4,5)6)35(30(38)28(25)37)32-34-20(3)29(42-32)31(39)41-18-8-2/h8,10-17,26,36H,2,7,9,18-19H2,1,3-6H3/t26-/m1/s1. The molecular formula is C33H36N2O6S. The van der Waals surface area contributed by atoms with Gasteiger partial charge in [0.25, 0.3) is 5.78 Å². The molecule has 220 valence electrons. The van der Waals surface area contributed by atoms with Gasteiger partial charge in [0.2, 0.25) is 0 Å². The van der Waals surface area contributed by atoms with Gasteiger partial charge in [-0.05, 0) is 54.2 Å². The molecule has 1 N–H and O–H groups in total. The second-order valence-corrected chi connectivity index (χ2v) is 12.0. The summed E-state index contributed by atoms with van der Waals surface area (Å²) in [5.74, 6) is -1.95. The number of esters is 1. The first-order valence-corrected chi connectivity index (χ1v) is 14.7. The third-order valence-electron chi connectivity index (χ3n) is 6.94. The molecule has 42 heavy (non-hydrogen) atoms. The molecule has 1 aromatic heterocycles. The molecule has 1 atom stereocenters. The van der Waals surface area contributed by atoms with Crippen LogP contribution in [0.15, 0.2) is 66.8 Å². The Hall–Kier alpha value is -4.24. The van der Waals surface area contributed by atoms with Gasteiger partial charge in [-0.2, -0.15) is 0 Å². The number of hydrogen-bond acceptors (Lipinski definition) is 8. The zero-order chi connectivity index (χ0) is 30.6. The van der Waals surface area contributed by atoms with Gasteiger partial charge in [0.05, 0.1) is 23.9 Å². The number of aromatic nitrogens is 1. The smallest absolute Gasteiger partial charge is 0.350 e. The summed E-state index contributed by atoms with van der Waals surface area (Å²) in [7, 11) is 0. The van der Waals surface area contributed by atoms with Crippen molar-refractivity contribution in [3.05, 3.63) is 94.0 Å². The maximum absolute atomic E-state index is 13.6. The molecule has 1 saturated heterocycles.